The summed E-state index contributed by atoms with van der Waals surface area (Å²) in [6.07, 6.45) is 0.431. The van der Waals surface area contributed by atoms with Gasteiger partial charge in [-0.05, 0) is 31.2 Å². The Balaban J connectivity index is 2.05. The summed E-state index contributed by atoms with van der Waals surface area (Å²) in [7, 11) is 0. The van der Waals surface area contributed by atoms with Crippen LogP contribution >= 0.6 is 23.2 Å². The van der Waals surface area contributed by atoms with Crippen molar-refractivity contribution >= 4 is 46.5 Å². The largest absolute Gasteiger partial charge is 0.449 e. The number of carbonyl (C=O) groups excluding carboxylic acids is 2. The minimum Gasteiger partial charge on any atom is -0.449 e. The molecule has 0 saturated heterocycles. The molecule has 2 rings (SSSR count). The Morgan fingerprint density at radius 3 is 2.70 bits per heavy atom. The van der Waals surface area contributed by atoms with E-state index in [1.807, 2.05) is 0 Å². The van der Waals surface area contributed by atoms with Gasteiger partial charge in [-0.1, -0.05) is 29.3 Å². The molecule has 23 heavy (non-hydrogen) atoms. The van der Waals surface area contributed by atoms with E-state index in [9.17, 15) is 9.59 Å². The average molecular weight is 354 g/mol. The number of esters is 1. The van der Waals surface area contributed by atoms with Gasteiger partial charge in [0.1, 0.15) is 0 Å². The molecule has 1 unspecified atom stereocenters. The van der Waals surface area contributed by atoms with Crippen LogP contribution < -0.4 is 11.1 Å². The predicted octanol–water partition coefficient (Wildman–Crippen LogP) is 3.15. The molecule has 0 saturated carbocycles. The number of benzene rings is 1. The number of para-hydroxylation sites is 1. The number of nitrogens with zero attached hydrogens (tertiary/aromatic N) is 1. The zero-order valence-corrected chi connectivity index (χ0v) is 13.6. The third-order valence-corrected chi connectivity index (χ3v) is 3.57. The number of nitrogens with two attached hydrogens (primary N) is 1. The maximum absolute atomic E-state index is 12.1. The van der Waals surface area contributed by atoms with Crippen molar-refractivity contribution in [1.82, 2.24) is 4.98 Å². The number of halogens is 2. The number of nitrogens with one attached hydrogen (secondary N) is 1. The van der Waals surface area contributed by atoms with Crippen LogP contribution in [0.3, 0.4) is 0 Å². The van der Waals surface area contributed by atoms with Crippen molar-refractivity contribution in [2.75, 3.05) is 11.1 Å². The van der Waals surface area contributed by atoms with E-state index in [4.69, 9.17) is 33.7 Å². The van der Waals surface area contributed by atoms with Crippen LogP contribution in [0.5, 0.6) is 0 Å². The fourth-order valence-electron chi connectivity index (χ4n) is 1.71. The Morgan fingerprint density at radius 2 is 2.00 bits per heavy atom. The summed E-state index contributed by atoms with van der Waals surface area (Å²) in [5.41, 5.74) is 6.24. The average Bonchev–Trinajstić information content (AvgIpc) is 2.52. The van der Waals surface area contributed by atoms with Crippen LogP contribution in [0.4, 0.5) is 11.4 Å². The van der Waals surface area contributed by atoms with Crippen LogP contribution in [0.2, 0.25) is 10.2 Å². The molecule has 3 N–H and O–H groups in total. The summed E-state index contributed by atoms with van der Waals surface area (Å²) in [6, 6.07) is 7.78. The summed E-state index contributed by atoms with van der Waals surface area (Å²) >= 11 is 11.7. The number of hydrogen-bond donors (Lipinski definition) is 2. The molecule has 6 nitrogen and oxygen atoms in total. The second-order valence-electron chi connectivity index (χ2n) is 4.58. The van der Waals surface area contributed by atoms with Gasteiger partial charge in [0.2, 0.25) is 0 Å². The molecule has 0 radical (unpaired) electrons. The lowest BCUT2D eigenvalue weighted by molar-refractivity contribution is -0.123. The first kappa shape index (κ1) is 17.1. The van der Waals surface area contributed by atoms with Gasteiger partial charge in [0.05, 0.1) is 22.0 Å². The first-order chi connectivity index (χ1) is 10.9. The van der Waals surface area contributed by atoms with Crippen molar-refractivity contribution in [2.24, 2.45) is 0 Å². The second kappa shape index (κ2) is 7.30. The SMILES string of the molecule is CC(OC(=O)c1cccc(Cl)c1N)C(=O)Nc1cccnc1Cl. The van der Waals surface area contributed by atoms with E-state index in [1.54, 1.807) is 24.3 Å². The lowest BCUT2D eigenvalue weighted by atomic mass is 10.2. The van der Waals surface area contributed by atoms with E-state index in [-0.39, 0.29) is 21.4 Å². The Morgan fingerprint density at radius 1 is 1.26 bits per heavy atom. The van der Waals surface area contributed by atoms with Crippen molar-refractivity contribution < 1.29 is 14.3 Å². The van der Waals surface area contributed by atoms with Crippen LogP contribution in [0.15, 0.2) is 36.5 Å². The molecular weight excluding hydrogens is 341 g/mol. The van der Waals surface area contributed by atoms with Gasteiger partial charge in [-0.15, -0.1) is 0 Å². The monoisotopic (exact) mass is 353 g/mol. The Hall–Kier alpha value is -2.31. The van der Waals surface area contributed by atoms with Crippen LogP contribution in [0.1, 0.15) is 17.3 Å². The number of anilines is 2. The minimum absolute atomic E-state index is 0.0940. The fraction of sp³-hybridized carbons (Fsp3) is 0.133. The molecule has 1 heterocycles. The molecule has 2 aromatic rings. The van der Waals surface area contributed by atoms with Crippen molar-refractivity contribution in [3.8, 4) is 0 Å². The Labute approximate surface area is 142 Å². The first-order valence-corrected chi connectivity index (χ1v) is 7.32. The summed E-state index contributed by atoms with van der Waals surface area (Å²) in [5.74, 6) is -1.29. The van der Waals surface area contributed by atoms with E-state index in [0.29, 0.717) is 5.69 Å². The molecular formula is C15H13Cl2N3O3. The molecule has 1 amide bonds. The zero-order valence-electron chi connectivity index (χ0n) is 12.0. The highest BCUT2D eigenvalue weighted by Crippen LogP contribution is 2.23. The van der Waals surface area contributed by atoms with Crippen LogP contribution in [-0.4, -0.2) is 23.0 Å². The number of carbonyl (C=O) groups is 2. The maximum atomic E-state index is 12.1. The zero-order chi connectivity index (χ0) is 17.0. The molecule has 0 aliphatic carbocycles. The molecule has 1 aromatic heterocycles. The number of nitrogen functional groups attached to an aromatic ring is 1. The second-order valence-corrected chi connectivity index (χ2v) is 5.34. The highest BCUT2D eigenvalue weighted by Gasteiger charge is 2.21. The lowest BCUT2D eigenvalue weighted by Gasteiger charge is -2.14. The maximum Gasteiger partial charge on any atom is 0.341 e. The van der Waals surface area contributed by atoms with Crippen molar-refractivity contribution in [2.45, 2.75) is 13.0 Å². The molecule has 120 valence electrons. The van der Waals surface area contributed by atoms with Gasteiger partial charge in [0.15, 0.2) is 11.3 Å². The lowest BCUT2D eigenvalue weighted by Crippen LogP contribution is -2.30. The quantitative estimate of drug-likeness (QED) is 0.500. The van der Waals surface area contributed by atoms with Crippen molar-refractivity contribution in [3.05, 3.63) is 52.3 Å². The minimum atomic E-state index is -1.06. The smallest absolute Gasteiger partial charge is 0.341 e. The van der Waals surface area contributed by atoms with Crippen molar-refractivity contribution in [3.63, 3.8) is 0 Å². The molecule has 0 aliphatic rings. The third kappa shape index (κ3) is 4.12. The van der Waals surface area contributed by atoms with Gasteiger partial charge in [-0.3, -0.25) is 4.79 Å². The summed E-state index contributed by atoms with van der Waals surface area (Å²) in [4.78, 5) is 28.0. The highest BCUT2D eigenvalue weighted by molar-refractivity contribution is 6.34. The molecule has 0 spiro atoms. The number of aromatic nitrogens is 1. The van der Waals surface area contributed by atoms with Crippen LogP contribution in [0.25, 0.3) is 0 Å². The molecule has 0 aliphatic heterocycles. The van der Waals surface area contributed by atoms with Crippen LogP contribution in [-0.2, 0) is 9.53 Å². The van der Waals surface area contributed by atoms with Crippen molar-refractivity contribution in [1.29, 1.82) is 0 Å². The van der Waals surface area contributed by atoms with Crippen LogP contribution in [0, 0.1) is 0 Å². The summed E-state index contributed by atoms with van der Waals surface area (Å²) in [6.45, 7) is 1.43. The van der Waals surface area contributed by atoms with E-state index in [0.717, 1.165) is 0 Å². The third-order valence-electron chi connectivity index (χ3n) is 2.94. The number of amides is 1. The first-order valence-electron chi connectivity index (χ1n) is 6.56. The van der Waals surface area contributed by atoms with Gasteiger partial charge in [-0.25, -0.2) is 9.78 Å². The fourth-order valence-corrected chi connectivity index (χ4v) is 2.05. The molecule has 1 aromatic carbocycles. The van der Waals surface area contributed by atoms with E-state index in [2.05, 4.69) is 10.3 Å². The topological polar surface area (TPSA) is 94.3 Å². The van der Waals surface area contributed by atoms with Gasteiger partial charge >= 0.3 is 5.97 Å². The van der Waals surface area contributed by atoms with E-state index < -0.39 is 18.0 Å². The molecule has 0 fully saturated rings. The number of rotatable bonds is 4. The molecule has 0 bridgehead atoms. The number of ether oxygens (including phenoxy) is 1. The number of pyridine rings is 1. The standard InChI is InChI=1S/C15H13Cl2N3O3/c1-8(14(21)20-11-6-3-7-19-13(11)17)23-15(22)9-4-2-5-10(16)12(9)18/h2-8H,18H2,1H3,(H,20,21). The Bertz CT molecular complexity index is 752. The highest BCUT2D eigenvalue weighted by atomic mass is 35.5. The summed E-state index contributed by atoms with van der Waals surface area (Å²) in [5, 5.41) is 2.90. The van der Waals surface area contributed by atoms with Gasteiger partial charge in [-0.2, -0.15) is 0 Å². The van der Waals surface area contributed by atoms with Gasteiger partial charge in [0, 0.05) is 6.20 Å². The van der Waals surface area contributed by atoms with Gasteiger partial charge in [0.25, 0.3) is 5.91 Å². The summed E-state index contributed by atoms with van der Waals surface area (Å²) < 4.78 is 5.09. The predicted molar refractivity (Wildman–Crippen MR) is 88.6 cm³/mol. The Kier molecular flexibility index (Phi) is 5.41. The molecule has 1 atom stereocenters. The molecule has 8 heteroatoms. The number of hydrogen-bond acceptors (Lipinski definition) is 5. The van der Waals surface area contributed by atoms with Gasteiger partial charge < -0.3 is 15.8 Å². The normalized spacial score (nSPS) is 11.6. The van der Waals surface area contributed by atoms with E-state index in [1.165, 1.54) is 19.2 Å². The van der Waals surface area contributed by atoms with E-state index >= 15 is 0 Å².